The van der Waals surface area contributed by atoms with Gasteiger partial charge in [0.15, 0.2) is 0 Å². The fourth-order valence-corrected chi connectivity index (χ4v) is 2.45. The molecule has 1 N–H and O–H groups in total. The van der Waals surface area contributed by atoms with E-state index in [0.717, 1.165) is 13.0 Å². The van der Waals surface area contributed by atoms with Crippen molar-refractivity contribution >= 4 is 11.9 Å². The maximum atomic E-state index is 11.8. The molecule has 0 saturated carbocycles. The zero-order valence-electron chi connectivity index (χ0n) is 11.8. The second-order valence-electron chi connectivity index (χ2n) is 5.73. The Morgan fingerprint density at radius 1 is 1.39 bits per heavy atom. The maximum Gasteiger partial charge on any atom is 0.303 e. The number of hydrogen-bond acceptors (Lipinski definition) is 3. The fourth-order valence-electron chi connectivity index (χ4n) is 2.45. The van der Waals surface area contributed by atoms with Crippen molar-refractivity contribution in [2.75, 3.05) is 27.2 Å². The lowest BCUT2D eigenvalue weighted by molar-refractivity contribution is -0.140. The van der Waals surface area contributed by atoms with E-state index < -0.39 is 5.97 Å². The van der Waals surface area contributed by atoms with E-state index in [1.807, 2.05) is 0 Å². The third-order valence-corrected chi connectivity index (χ3v) is 4.27. The van der Waals surface area contributed by atoms with Crippen LogP contribution in [0, 0.1) is 5.92 Å². The van der Waals surface area contributed by atoms with E-state index in [1.165, 1.54) is 0 Å². The highest BCUT2D eigenvalue weighted by molar-refractivity contribution is 5.80. The quantitative estimate of drug-likeness (QED) is 0.798. The molecule has 1 aliphatic heterocycles. The Labute approximate surface area is 109 Å². The summed E-state index contributed by atoms with van der Waals surface area (Å²) in [5.41, 5.74) is 0.0985. The first-order valence-electron chi connectivity index (χ1n) is 6.42. The van der Waals surface area contributed by atoms with Crippen molar-refractivity contribution in [3.8, 4) is 0 Å². The molecule has 0 aliphatic carbocycles. The molecule has 1 rings (SSSR count). The molecule has 0 spiro atoms. The molecule has 1 atom stereocenters. The highest BCUT2D eigenvalue weighted by Crippen LogP contribution is 2.33. The summed E-state index contributed by atoms with van der Waals surface area (Å²) in [5, 5.41) is 8.57. The summed E-state index contributed by atoms with van der Waals surface area (Å²) in [4.78, 5) is 26.2. The average molecular weight is 256 g/mol. The van der Waals surface area contributed by atoms with E-state index in [4.69, 9.17) is 5.11 Å². The van der Waals surface area contributed by atoms with Gasteiger partial charge in [0.25, 0.3) is 0 Å². The van der Waals surface area contributed by atoms with E-state index in [1.54, 1.807) is 11.9 Å². The van der Waals surface area contributed by atoms with Crippen LogP contribution in [0.25, 0.3) is 0 Å². The van der Waals surface area contributed by atoms with E-state index >= 15 is 0 Å². The van der Waals surface area contributed by atoms with Gasteiger partial charge in [-0.15, -0.1) is 0 Å². The normalized spacial score (nSPS) is 23.0. The predicted octanol–water partition coefficient (Wildman–Crippen LogP) is 1.04. The second-order valence-corrected chi connectivity index (χ2v) is 5.73. The summed E-state index contributed by atoms with van der Waals surface area (Å²) in [6, 6.07) is 0. The monoisotopic (exact) mass is 256 g/mol. The first-order valence-corrected chi connectivity index (χ1v) is 6.42. The highest BCUT2D eigenvalue weighted by atomic mass is 16.4. The molecule has 0 aromatic carbocycles. The molecule has 1 heterocycles. The molecule has 0 unspecified atom stereocenters. The molecule has 0 bridgehead atoms. The van der Waals surface area contributed by atoms with Crippen LogP contribution in [0.3, 0.4) is 0 Å². The molecule has 1 aliphatic rings. The first kappa shape index (κ1) is 15.0. The van der Waals surface area contributed by atoms with Crippen molar-refractivity contribution in [2.24, 2.45) is 5.92 Å². The predicted molar refractivity (Wildman–Crippen MR) is 69.3 cm³/mol. The third kappa shape index (κ3) is 3.45. The Kier molecular flexibility index (Phi) is 4.73. The first-order chi connectivity index (χ1) is 8.25. The van der Waals surface area contributed by atoms with Gasteiger partial charge in [-0.3, -0.25) is 9.59 Å². The van der Waals surface area contributed by atoms with E-state index in [9.17, 15) is 9.59 Å². The van der Waals surface area contributed by atoms with Crippen molar-refractivity contribution in [3.63, 3.8) is 0 Å². The number of carboxylic acid groups (broad SMARTS) is 1. The van der Waals surface area contributed by atoms with Crippen LogP contribution in [0.2, 0.25) is 0 Å². The summed E-state index contributed by atoms with van der Waals surface area (Å²) in [5.74, 6) is -0.554. The van der Waals surface area contributed by atoms with Crippen LogP contribution in [-0.4, -0.2) is 59.5 Å². The molecule has 1 fully saturated rings. The van der Waals surface area contributed by atoms with Gasteiger partial charge in [0.05, 0.1) is 6.42 Å². The molecule has 0 aromatic heterocycles. The Balaban J connectivity index is 2.47. The molecule has 0 aromatic rings. The molecule has 5 heteroatoms. The molecule has 1 saturated heterocycles. The van der Waals surface area contributed by atoms with Gasteiger partial charge in [0, 0.05) is 25.6 Å². The van der Waals surface area contributed by atoms with Crippen LogP contribution in [0.5, 0.6) is 0 Å². The number of carbonyl (C=O) groups is 2. The van der Waals surface area contributed by atoms with Gasteiger partial charge in [0.1, 0.15) is 0 Å². The van der Waals surface area contributed by atoms with Crippen molar-refractivity contribution in [1.82, 2.24) is 9.80 Å². The van der Waals surface area contributed by atoms with Crippen molar-refractivity contribution in [2.45, 2.75) is 38.6 Å². The van der Waals surface area contributed by atoms with Gasteiger partial charge >= 0.3 is 5.97 Å². The standard InChI is InChI=1S/C13H24N2O3/c1-13(2)10(7-8-15(13)4)9-14(3)11(16)5-6-12(17)18/h10H,5-9H2,1-4H3,(H,17,18)/t10-/m0/s1. The number of hydrogen-bond donors (Lipinski definition) is 1. The van der Waals surface area contributed by atoms with E-state index in [0.29, 0.717) is 12.5 Å². The smallest absolute Gasteiger partial charge is 0.303 e. The number of nitrogens with zero attached hydrogens (tertiary/aromatic N) is 2. The minimum atomic E-state index is -0.919. The van der Waals surface area contributed by atoms with Crippen LogP contribution in [-0.2, 0) is 9.59 Å². The average Bonchev–Trinajstić information content (AvgIpc) is 2.52. The lowest BCUT2D eigenvalue weighted by Gasteiger charge is -2.35. The number of aliphatic carboxylic acids is 1. The summed E-state index contributed by atoms with van der Waals surface area (Å²) in [7, 11) is 3.87. The molecule has 104 valence electrons. The van der Waals surface area contributed by atoms with Crippen LogP contribution >= 0.6 is 0 Å². The fraction of sp³-hybridized carbons (Fsp3) is 0.846. The van der Waals surface area contributed by atoms with Gasteiger partial charge < -0.3 is 14.9 Å². The van der Waals surface area contributed by atoms with Gasteiger partial charge in [-0.25, -0.2) is 0 Å². The maximum absolute atomic E-state index is 11.8. The van der Waals surface area contributed by atoms with Gasteiger partial charge in [0.2, 0.25) is 5.91 Å². The van der Waals surface area contributed by atoms with Gasteiger partial charge in [-0.2, -0.15) is 0 Å². The molecular weight excluding hydrogens is 232 g/mol. The molecule has 1 amide bonds. The number of amides is 1. The summed E-state index contributed by atoms with van der Waals surface area (Å²) in [6.45, 7) is 6.14. The van der Waals surface area contributed by atoms with Crippen molar-refractivity contribution < 1.29 is 14.7 Å². The third-order valence-electron chi connectivity index (χ3n) is 4.27. The minimum absolute atomic E-state index is 0.0808. The number of rotatable bonds is 5. The molecule has 0 radical (unpaired) electrons. The zero-order chi connectivity index (χ0) is 13.9. The lowest BCUT2D eigenvalue weighted by atomic mass is 9.88. The highest BCUT2D eigenvalue weighted by Gasteiger charge is 2.39. The lowest BCUT2D eigenvalue weighted by Crippen LogP contribution is -2.44. The van der Waals surface area contributed by atoms with E-state index in [2.05, 4.69) is 25.8 Å². The number of carboxylic acids is 1. The number of carbonyl (C=O) groups excluding carboxylic acids is 1. The minimum Gasteiger partial charge on any atom is -0.481 e. The summed E-state index contributed by atoms with van der Waals surface area (Å²) in [6.07, 6.45) is 1.09. The Morgan fingerprint density at radius 3 is 2.44 bits per heavy atom. The van der Waals surface area contributed by atoms with Crippen LogP contribution in [0.4, 0.5) is 0 Å². The SMILES string of the molecule is CN(C[C@@H]1CCN(C)C1(C)C)C(=O)CCC(=O)O. The second kappa shape index (κ2) is 5.69. The van der Waals surface area contributed by atoms with Crippen LogP contribution < -0.4 is 0 Å². The van der Waals surface area contributed by atoms with Crippen molar-refractivity contribution in [3.05, 3.63) is 0 Å². The van der Waals surface area contributed by atoms with Crippen LogP contribution in [0.15, 0.2) is 0 Å². The summed E-state index contributed by atoms with van der Waals surface area (Å²) >= 11 is 0. The van der Waals surface area contributed by atoms with Crippen LogP contribution in [0.1, 0.15) is 33.1 Å². The Hall–Kier alpha value is -1.10. The van der Waals surface area contributed by atoms with E-state index in [-0.39, 0.29) is 24.3 Å². The molecule has 18 heavy (non-hydrogen) atoms. The largest absolute Gasteiger partial charge is 0.481 e. The topological polar surface area (TPSA) is 60.9 Å². The van der Waals surface area contributed by atoms with Crippen molar-refractivity contribution in [1.29, 1.82) is 0 Å². The zero-order valence-corrected chi connectivity index (χ0v) is 11.8. The molecule has 5 nitrogen and oxygen atoms in total. The Bertz CT molecular complexity index is 328. The summed E-state index contributed by atoms with van der Waals surface area (Å²) < 4.78 is 0. The van der Waals surface area contributed by atoms with Gasteiger partial charge in [-0.05, 0) is 39.8 Å². The molecular formula is C13H24N2O3. The Morgan fingerprint density at radius 2 is 2.00 bits per heavy atom. The number of likely N-dealkylation sites (tertiary alicyclic amines) is 1. The van der Waals surface area contributed by atoms with Gasteiger partial charge in [-0.1, -0.05) is 0 Å².